The third-order valence-corrected chi connectivity index (χ3v) is 4.13. The molecule has 1 heterocycles. The summed E-state index contributed by atoms with van der Waals surface area (Å²) >= 11 is 0. The molecular weight excluding hydrogens is 269 g/mol. The van der Waals surface area contributed by atoms with Crippen molar-refractivity contribution in [2.75, 3.05) is 13.1 Å². The number of hydrogen-bond donors (Lipinski definition) is 2. The van der Waals surface area contributed by atoms with E-state index < -0.39 is 0 Å². The van der Waals surface area contributed by atoms with Crippen molar-refractivity contribution in [1.82, 2.24) is 10.2 Å². The third kappa shape index (κ3) is 4.70. The summed E-state index contributed by atoms with van der Waals surface area (Å²) in [5.41, 5.74) is 6.04. The van der Waals surface area contributed by atoms with Gasteiger partial charge in [-0.1, -0.05) is 18.2 Å². The number of carbonyl (C=O) groups is 1. The summed E-state index contributed by atoms with van der Waals surface area (Å²) in [6, 6.07) is 7.34. The van der Waals surface area contributed by atoms with Gasteiger partial charge in [-0.15, -0.1) is 0 Å². The van der Waals surface area contributed by atoms with Crippen molar-refractivity contribution in [1.29, 1.82) is 0 Å². The smallest absolute Gasteiger partial charge is 0.314 e. The topological polar surface area (TPSA) is 58.4 Å². The second-order valence-corrected chi connectivity index (χ2v) is 5.80. The number of aryl methyl sites for hydroxylation is 1. The van der Waals surface area contributed by atoms with Gasteiger partial charge in [0.05, 0.1) is 0 Å². The van der Waals surface area contributed by atoms with Gasteiger partial charge in [0.2, 0.25) is 0 Å². The molecule has 1 aromatic carbocycles. The number of amides is 2. The minimum absolute atomic E-state index is 0.125. The molecule has 0 radical (unpaired) electrons. The van der Waals surface area contributed by atoms with Gasteiger partial charge in [-0.05, 0) is 44.2 Å². The van der Waals surface area contributed by atoms with Gasteiger partial charge in [-0.3, -0.25) is 0 Å². The Balaban J connectivity index is 1.72. The lowest BCUT2D eigenvalue weighted by molar-refractivity contribution is 0.182. The molecule has 1 saturated heterocycles. The van der Waals surface area contributed by atoms with Crippen LogP contribution in [0.5, 0.6) is 0 Å². The molecule has 1 aliphatic rings. The molecular formula is C16H24FN3O. The van der Waals surface area contributed by atoms with E-state index in [9.17, 15) is 9.18 Å². The number of likely N-dealkylation sites (tertiary alicyclic amines) is 1. The summed E-state index contributed by atoms with van der Waals surface area (Å²) in [5.74, 6) is -0.125. The fourth-order valence-corrected chi connectivity index (χ4v) is 2.83. The Labute approximate surface area is 125 Å². The molecule has 1 aromatic rings. The number of carbonyl (C=O) groups excluding carboxylic acids is 1. The van der Waals surface area contributed by atoms with Gasteiger partial charge in [0.1, 0.15) is 5.82 Å². The van der Waals surface area contributed by atoms with Crippen LogP contribution in [0, 0.1) is 5.82 Å². The molecule has 1 fully saturated rings. The van der Waals surface area contributed by atoms with Gasteiger partial charge in [0.15, 0.2) is 0 Å². The Hall–Kier alpha value is -1.62. The highest BCUT2D eigenvalue weighted by molar-refractivity contribution is 5.72. The van der Waals surface area contributed by atoms with E-state index in [1.54, 1.807) is 11.0 Å². The number of nitrogens with one attached hydrogen (secondary N) is 1. The van der Waals surface area contributed by atoms with Gasteiger partial charge in [-0.25, -0.2) is 9.18 Å². The monoisotopic (exact) mass is 293 g/mol. The SMILES string of the molecule is CC(CCc1ccccc1F)NC1CCN(C(N)=O)CC1. The number of urea groups is 1. The Morgan fingerprint density at radius 1 is 1.43 bits per heavy atom. The van der Waals surface area contributed by atoms with Crippen molar-refractivity contribution in [3.8, 4) is 0 Å². The fourth-order valence-electron chi connectivity index (χ4n) is 2.83. The molecule has 0 aliphatic carbocycles. The Kier molecular flexibility index (Phi) is 5.56. The standard InChI is InChI=1S/C16H24FN3O/c1-12(6-7-13-4-2-3-5-15(13)17)19-14-8-10-20(11-9-14)16(18)21/h2-5,12,14,19H,6-11H2,1H3,(H2,18,21). The first-order valence-corrected chi connectivity index (χ1v) is 7.60. The molecule has 21 heavy (non-hydrogen) atoms. The van der Waals surface area contributed by atoms with Crippen LogP contribution in [0.2, 0.25) is 0 Å². The quantitative estimate of drug-likeness (QED) is 0.875. The molecule has 0 aromatic heterocycles. The summed E-state index contributed by atoms with van der Waals surface area (Å²) in [4.78, 5) is 12.7. The average Bonchev–Trinajstić information content (AvgIpc) is 2.47. The van der Waals surface area contributed by atoms with E-state index in [0.29, 0.717) is 25.2 Å². The summed E-state index contributed by atoms with van der Waals surface area (Å²) in [7, 11) is 0. The molecule has 0 bridgehead atoms. The van der Waals surface area contributed by atoms with Crippen molar-refractivity contribution >= 4 is 6.03 Å². The van der Waals surface area contributed by atoms with E-state index in [0.717, 1.165) is 31.2 Å². The van der Waals surface area contributed by atoms with Crippen LogP contribution in [0.15, 0.2) is 24.3 Å². The zero-order chi connectivity index (χ0) is 15.2. The zero-order valence-electron chi connectivity index (χ0n) is 12.5. The average molecular weight is 293 g/mol. The van der Waals surface area contributed by atoms with Crippen molar-refractivity contribution in [2.45, 2.75) is 44.7 Å². The number of halogens is 1. The number of nitrogens with zero attached hydrogens (tertiary/aromatic N) is 1. The molecule has 1 atom stereocenters. The minimum atomic E-state index is -0.332. The summed E-state index contributed by atoms with van der Waals surface area (Å²) < 4.78 is 13.5. The van der Waals surface area contributed by atoms with Crippen molar-refractivity contribution in [2.24, 2.45) is 5.73 Å². The Morgan fingerprint density at radius 2 is 2.10 bits per heavy atom. The van der Waals surface area contributed by atoms with Crippen LogP contribution < -0.4 is 11.1 Å². The highest BCUT2D eigenvalue weighted by atomic mass is 19.1. The second kappa shape index (κ2) is 7.41. The Morgan fingerprint density at radius 3 is 2.71 bits per heavy atom. The highest BCUT2D eigenvalue weighted by Crippen LogP contribution is 2.13. The van der Waals surface area contributed by atoms with Gasteiger partial charge in [-0.2, -0.15) is 0 Å². The predicted octanol–water partition coefficient (Wildman–Crippen LogP) is 2.28. The first kappa shape index (κ1) is 15.8. The normalized spacial score (nSPS) is 17.7. The molecule has 1 aliphatic heterocycles. The maximum absolute atomic E-state index is 13.5. The molecule has 1 unspecified atom stereocenters. The molecule has 5 heteroatoms. The zero-order valence-corrected chi connectivity index (χ0v) is 12.5. The first-order valence-electron chi connectivity index (χ1n) is 7.60. The van der Waals surface area contributed by atoms with Crippen molar-refractivity contribution in [3.63, 3.8) is 0 Å². The van der Waals surface area contributed by atoms with Crippen LogP contribution in [-0.2, 0) is 6.42 Å². The van der Waals surface area contributed by atoms with Crippen LogP contribution in [0.4, 0.5) is 9.18 Å². The lowest BCUT2D eigenvalue weighted by atomic mass is 10.0. The van der Waals surface area contributed by atoms with E-state index in [-0.39, 0.29) is 11.8 Å². The van der Waals surface area contributed by atoms with Crippen LogP contribution in [0.3, 0.4) is 0 Å². The van der Waals surface area contributed by atoms with E-state index in [4.69, 9.17) is 5.73 Å². The predicted molar refractivity (Wildman–Crippen MR) is 81.5 cm³/mol. The van der Waals surface area contributed by atoms with Crippen LogP contribution in [0.1, 0.15) is 31.7 Å². The molecule has 0 saturated carbocycles. The molecule has 2 rings (SSSR count). The molecule has 116 valence electrons. The molecule has 2 amide bonds. The number of primary amides is 1. The molecule has 4 nitrogen and oxygen atoms in total. The number of nitrogens with two attached hydrogens (primary N) is 1. The first-order chi connectivity index (χ1) is 10.1. The van der Waals surface area contributed by atoms with E-state index in [1.165, 1.54) is 6.07 Å². The fraction of sp³-hybridized carbons (Fsp3) is 0.562. The number of rotatable bonds is 5. The largest absolute Gasteiger partial charge is 0.351 e. The number of benzene rings is 1. The lowest BCUT2D eigenvalue weighted by Gasteiger charge is -2.33. The van der Waals surface area contributed by atoms with Crippen LogP contribution in [0.25, 0.3) is 0 Å². The second-order valence-electron chi connectivity index (χ2n) is 5.80. The van der Waals surface area contributed by atoms with Crippen LogP contribution >= 0.6 is 0 Å². The number of piperidine rings is 1. The van der Waals surface area contributed by atoms with Gasteiger partial charge < -0.3 is 16.0 Å². The van der Waals surface area contributed by atoms with Crippen molar-refractivity contribution in [3.05, 3.63) is 35.6 Å². The molecule has 3 N–H and O–H groups in total. The van der Waals surface area contributed by atoms with E-state index in [2.05, 4.69) is 12.2 Å². The van der Waals surface area contributed by atoms with Gasteiger partial charge in [0.25, 0.3) is 0 Å². The van der Waals surface area contributed by atoms with Gasteiger partial charge >= 0.3 is 6.03 Å². The Bertz CT molecular complexity index is 472. The third-order valence-electron chi connectivity index (χ3n) is 4.13. The summed E-state index contributed by atoms with van der Waals surface area (Å²) in [6.07, 6.45) is 3.48. The number of hydrogen-bond acceptors (Lipinski definition) is 2. The highest BCUT2D eigenvalue weighted by Gasteiger charge is 2.22. The van der Waals surface area contributed by atoms with E-state index in [1.807, 2.05) is 12.1 Å². The van der Waals surface area contributed by atoms with E-state index >= 15 is 0 Å². The van der Waals surface area contributed by atoms with Crippen LogP contribution in [-0.4, -0.2) is 36.1 Å². The van der Waals surface area contributed by atoms with Crippen molar-refractivity contribution < 1.29 is 9.18 Å². The summed E-state index contributed by atoms with van der Waals surface area (Å²) in [6.45, 7) is 3.56. The minimum Gasteiger partial charge on any atom is -0.351 e. The maximum atomic E-state index is 13.5. The molecule has 0 spiro atoms. The van der Waals surface area contributed by atoms with Gasteiger partial charge in [0, 0.05) is 25.2 Å². The lowest BCUT2D eigenvalue weighted by Crippen LogP contribution is -2.48. The maximum Gasteiger partial charge on any atom is 0.314 e. The summed E-state index contributed by atoms with van der Waals surface area (Å²) in [5, 5.41) is 3.57.